The summed E-state index contributed by atoms with van der Waals surface area (Å²) in [6, 6.07) is 8.08. The van der Waals surface area contributed by atoms with E-state index in [1.807, 2.05) is 31.2 Å². The Hall–Kier alpha value is -1.96. The highest BCUT2D eigenvalue weighted by atomic mass is 32.1. The zero-order chi connectivity index (χ0) is 21.5. The molecule has 164 valence electrons. The molecule has 0 unspecified atom stereocenters. The minimum absolute atomic E-state index is 0.0427. The van der Waals surface area contributed by atoms with Crippen molar-refractivity contribution in [2.24, 2.45) is 0 Å². The van der Waals surface area contributed by atoms with E-state index in [-0.39, 0.29) is 11.7 Å². The van der Waals surface area contributed by atoms with Gasteiger partial charge in [0.15, 0.2) is 5.11 Å². The Labute approximate surface area is 184 Å². The highest BCUT2D eigenvalue weighted by molar-refractivity contribution is 7.80. The van der Waals surface area contributed by atoms with Gasteiger partial charge in [-0.25, -0.2) is 0 Å². The zero-order valence-electron chi connectivity index (χ0n) is 18.4. The van der Waals surface area contributed by atoms with Crippen LogP contribution in [0.4, 0.5) is 0 Å². The number of aryl methyl sites for hydroxylation is 1. The average molecular weight is 432 g/mol. The summed E-state index contributed by atoms with van der Waals surface area (Å²) in [5.41, 5.74) is 2.68. The number of nitrogens with one attached hydrogen (secondary N) is 3. The number of para-hydroxylation sites is 1. The number of aromatic nitrogens is 1. The molecule has 1 aromatic carbocycles. The van der Waals surface area contributed by atoms with E-state index in [9.17, 15) is 4.79 Å². The van der Waals surface area contributed by atoms with E-state index in [4.69, 9.17) is 17.0 Å². The molecule has 0 radical (unpaired) electrons. The van der Waals surface area contributed by atoms with Gasteiger partial charge in [-0.2, -0.15) is 0 Å². The Morgan fingerprint density at radius 2 is 2.17 bits per heavy atom. The van der Waals surface area contributed by atoms with E-state index in [1.165, 1.54) is 4.90 Å². The van der Waals surface area contributed by atoms with Gasteiger partial charge in [-0.1, -0.05) is 18.2 Å². The maximum atomic E-state index is 12.8. The summed E-state index contributed by atoms with van der Waals surface area (Å²) >= 11 is 5.73. The highest BCUT2D eigenvalue weighted by Gasteiger charge is 2.19. The van der Waals surface area contributed by atoms with Crippen LogP contribution in [0.15, 0.2) is 29.1 Å². The van der Waals surface area contributed by atoms with E-state index >= 15 is 0 Å². The van der Waals surface area contributed by atoms with Crippen molar-refractivity contribution in [3.05, 3.63) is 45.7 Å². The Balaban J connectivity index is 1.76. The number of quaternary nitrogens is 1. The first-order valence-electron chi connectivity index (χ1n) is 11.1. The molecule has 3 N–H and O–H groups in total. The Morgan fingerprint density at radius 1 is 1.37 bits per heavy atom. The van der Waals surface area contributed by atoms with Gasteiger partial charge in [-0.05, 0) is 62.8 Å². The normalized spacial score (nSPS) is 16.3. The van der Waals surface area contributed by atoms with Gasteiger partial charge in [0.2, 0.25) is 0 Å². The standard InChI is InChI=1S/C23H34N4O2S/c1-4-26(5-2)11-12-27(23(30)24-15-20-10-7-13-29-20)16-19-14-18-9-6-8-17(3)21(18)25-22(19)28/h6,8-9,14,20H,4-5,7,10-13,15-16H2,1-3H3,(H,24,30)(H,25,28)/p+1/t20-/m0/s1. The van der Waals surface area contributed by atoms with Crippen molar-refractivity contribution < 1.29 is 9.64 Å². The van der Waals surface area contributed by atoms with Gasteiger partial charge in [-0.3, -0.25) is 4.79 Å². The van der Waals surface area contributed by atoms with Gasteiger partial charge in [0, 0.05) is 18.7 Å². The molecule has 1 aliphatic rings. The highest BCUT2D eigenvalue weighted by Crippen LogP contribution is 2.16. The molecule has 7 heteroatoms. The van der Waals surface area contributed by atoms with Gasteiger partial charge in [0.25, 0.3) is 5.56 Å². The Morgan fingerprint density at radius 3 is 2.87 bits per heavy atom. The maximum Gasteiger partial charge on any atom is 0.253 e. The number of thiocarbonyl (C=S) groups is 1. The lowest BCUT2D eigenvalue weighted by Crippen LogP contribution is -3.12. The smallest absolute Gasteiger partial charge is 0.253 e. The molecule has 1 atom stereocenters. The number of ether oxygens (including phenoxy) is 1. The maximum absolute atomic E-state index is 12.8. The summed E-state index contributed by atoms with van der Waals surface area (Å²) in [5.74, 6) is 0. The van der Waals surface area contributed by atoms with Crippen LogP contribution in [0.2, 0.25) is 0 Å². The van der Waals surface area contributed by atoms with Crippen molar-refractivity contribution in [1.29, 1.82) is 0 Å². The number of aromatic amines is 1. The Bertz CT molecular complexity index is 904. The van der Waals surface area contributed by atoms with Crippen LogP contribution >= 0.6 is 12.2 Å². The van der Waals surface area contributed by atoms with E-state index in [2.05, 4.69) is 29.0 Å². The van der Waals surface area contributed by atoms with Crippen molar-refractivity contribution >= 4 is 28.2 Å². The van der Waals surface area contributed by atoms with Crippen LogP contribution < -0.4 is 15.8 Å². The van der Waals surface area contributed by atoms with Crippen molar-refractivity contribution in [2.75, 3.05) is 39.3 Å². The summed E-state index contributed by atoms with van der Waals surface area (Å²) < 4.78 is 5.71. The third-order valence-electron chi connectivity index (χ3n) is 6.05. The van der Waals surface area contributed by atoms with E-state index in [0.717, 1.165) is 74.2 Å². The van der Waals surface area contributed by atoms with Gasteiger partial charge >= 0.3 is 0 Å². The first-order chi connectivity index (χ1) is 14.5. The molecule has 2 heterocycles. The van der Waals surface area contributed by atoms with Crippen LogP contribution in [0.3, 0.4) is 0 Å². The van der Waals surface area contributed by atoms with Crippen LogP contribution in [0, 0.1) is 6.92 Å². The fourth-order valence-electron chi connectivity index (χ4n) is 4.02. The molecule has 1 fully saturated rings. The van der Waals surface area contributed by atoms with Crippen LogP contribution in [0.25, 0.3) is 10.9 Å². The number of rotatable bonds is 9. The average Bonchev–Trinajstić information content (AvgIpc) is 3.26. The zero-order valence-corrected chi connectivity index (χ0v) is 19.2. The molecular weight excluding hydrogens is 396 g/mol. The van der Waals surface area contributed by atoms with Gasteiger partial charge in [0.05, 0.1) is 44.3 Å². The summed E-state index contributed by atoms with van der Waals surface area (Å²) in [4.78, 5) is 19.5. The van der Waals surface area contributed by atoms with Crippen molar-refractivity contribution in [3.8, 4) is 0 Å². The van der Waals surface area contributed by atoms with Crippen molar-refractivity contribution in [2.45, 2.75) is 46.3 Å². The first kappa shape index (κ1) is 22.7. The molecule has 6 nitrogen and oxygen atoms in total. The number of benzene rings is 1. The van der Waals surface area contributed by atoms with Gasteiger partial charge < -0.3 is 24.8 Å². The molecule has 0 amide bonds. The minimum atomic E-state index is -0.0427. The quantitative estimate of drug-likeness (QED) is 0.527. The van der Waals surface area contributed by atoms with Gasteiger partial charge in [-0.15, -0.1) is 0 Å². The molecule has 0 saturated carbocycles. The first-order valence-corrected chi connectivity index (χ1v) is 11.5. The second-order valence-electron chi connectivity index (χ2n) is 8.11. The number of likely N-dealkylation sites (N-methyl/N-ethyl adjacent to an activating group) is 1. The monoisotopic (exact) mass is 431 g/mol. The number of hydrogen-bond donors (Lipinski definition) is 3. The van der Waals surface area contributed by atoms with E-state index in [0.29, 0.717) is 11.7 Å². The fourth-order valence-corrected chi connectivity index (χ4v) is 4.26. The fraction of sp³-hybridized carbons (Fsp3) is 0.565. The summed E-state index contributed by atoms with van der Waals surface area (Å²) in [5, 5.41) is 5.13. The molecule has 0 aliphatic carbocycles. The minimum Gasteiger partial charge on any atom is -0.376 e. The number of nitrogens with zero attached hydrogens (tertiary/aromatic N) is 1. The molecule has 3 rings (SSSR count). The molecule has 0 spiro atoms. The molecule has 30 heavy (non-hydrogen) atoms. The molecule has 1 saturated heterocycles. The number of pyridine rings is 1. The number of fused-ring (bicyclic) bond motifs is 1. The van der Waals surface area contributed by atoms with Crippen molar-refractivity contribution in [3.63, 3.8) is 0 Å². The number of H-pyrrole nitrogens is 1. The Kier molecular flexibility index (Phi) is 8.24. The molecular formula is C23H35N4O2S+. The number of hydrogen-bond acceptors (Lipinski definition) is 3. The third-order valence-corrected chi connectivity index (χ3v) is 6.46. The lowest BCUT2D eigenvalue weighted by atomic mass is 10.1. The summed E-state index contributed by atoms with van der Waals surface area (Å²) in [6.45, 7) is 12.4. The molecule has 1 aromatic heterocycles. The summed E-state index contributed by atoms with van der Waals surface area (Å²) in [6.07, 6.45) is 2.41. The lowest BCUT2D eigenvalue weighted by Gasteiger charge is -2.28. The second kappa shape index (κ2) is 10.9. The topological polar surface area (TPSA) is 61.8 Å². The van der Waals surface area contributed by atoms with Crippen LogP contribution in [-0.2, 0) is 11.3 Å². The predicted molar refractivity (Wildman–Crippen MR) is 126 cm³/mol. The van der Waals surface area contributed by atoms with Crippen LogP contribution in [0.1, 0.15) is 37.8 Å². The largest absolute Gasteiger partial charge is 0.376 e. The van der Waals surface area contributed by atoms with Crippen LogP contribution in [0.5, 0.6) is 0 Å². The third kappa shape index (κ3) is 5.80. The van der Waals surface area contributed by atoms with Crippen molar-refractivity contribution in [1.82, 2.24) is 15.2 Å². The van der Waals surface area contributed by atoms with Gasteiger partial charge in [0.1, 0.15) is 0 Å². The lowest BCUT2D eigenvalue weighted by molar-refractivity contribution is -0.895. The molecule has 1 aliphatic heterocycles. The van der Waals surface area contributed by atoms with Crippen LogP contribution in [-0.4, -0.2) is 60.4 Å². The van der Waals surface area contributed by atoms with E-state index in [1.54, 1.807) is 0 Å². The molecule has 2 aromatic rings. The second-order valence-corrected chi connectivity index (χ2v) is 8.50. The SMILES string of the molecule is CC[NH+](CC)CCN(Cc1cc2cccc(C)c2[nH]c1=O)C(=S)NC[C@@H]1CCCO1. The predicted octanol–water partition coefficient (Wildman–Crippen LogP) is 1.62. The summed E-state index contributed by atoms with van der Waals surface area (Å²) in [7, 11) is 0. The molecule has 0 bridgehead atoms. The van der Waals surface area contributed by atoms with E-state index < -0.39 is 0 Å².